The number of aromatic nitrogens is 1. The molecule has 8 heteroatoms. The van der Waals surface area contributed by atoms with E-state index in [1.807, 2.05) is 0 Å². The van der Waals surface area contributed by atoms with Crippen LogP contribution in [0.1, 0.15) is 5.56 Å². The number of hydrogen-bond donors (Lipinski definition) is 1. The van der Waals surface area contributed by atoms with Crippen LogP contribution >= 0.6 is 15.9 Å². The Morgan fingerprint density at radius 3 is 2.52 bits per heavy atom. The number of hydrogen-bond acceptors (Lipinski definition) is 4. The van der Waals surface area contributed by atoms with Crippen LogP contribution in [0, 0.1) is 0 Å². The molecule has 0 atom stereocenters. The van der Waals surface area contributed by atoms with E-state index in [9.17, 15) is 13.2 Å². The summed E-state index contributed by atoms with van der Waals surface area (Å²) < 4.78 is 49.4. The maximum Gasteiger partial charge on any atom is 0.421 e. The number of nitrogens with two attached hydrogens (primary N) is 1. The molecule has 0 amide bonds. The number of nitrogens with zero attached hydrogens (tertiary/aromatic N) is 1. The second-order valence-electron chi connectivity index (χ2n) is 4.02. The molecule has 2 N–H and O–H groups in total. The fraction of sp³-hybridized carbons (Fsp3) is 0.154. The van der Waals surface area contributed by atoms with Crippen LogP contribution in [0.15, 0.2) is 34.9 Å². The first kappa shape index (κ1) is 15.4. The molecule has 112 valence electrons. The zero-order chi connectivity index (χ0) is 15.6. The Hall–Kier alpha value is -1.96. The number of pyridine rings is 1. The van der Waals surface area contributed by atoms with Crippen molar-refractivity contribution in [2.45, 2.75) is 6.18 Å². The molecule has 2 aromatic rings. The smallest absolute Gasteiger partial charge is 0.421 e. The number of ether oxygens (including phenoxy) is 2. The highest BCUT2D eigenvalue weighted by atomic mass is 79.9. The topological polar surface area (TPSA) is 57.4 Å². The first-order valence-electron chi connectivity index (χ1n) is 5.65. The summed E-state index contributed by atoms with van der Waals surface area (Å²) in [6, 6.07) is 5.25. The third-order valence-corrected chi connectivity index (χ3v) is 2.95. The molecule has 1 aromatic heterocycles. The molecule has 4 nitrogen and oxygen atoms in total. The molecule has 0 bridgehead atoms. The van der Waals surface area contributed by atoms with Crippen molar-refractivity contribution in [3.8, 4) is 17.4 Å². The van der Waals surface area contributed by atoms with Gasteiger partial charge in [0.2, 0.25) is 5.88 Å². The molecule has 0 saturated carbocycles. The number of anilines is 1. The maximum absolute atomic E-state index is 13.0. The second-order valence-corrected chi connectivity index (χ2v) is 4.93. The molecule has 1 heterocycles. The van der Waals surface area contributed by atoms with E-state index in [0.29, 0.717) is 5.69 Å². The lowest BCUT2D eigenvalue weighted by Gasteiger charge is -2.14. The van der Waals surface area contributed by atoms with Crippen molar-refractivity contribution in [3.63, 3.8) is 0 Å². The molecule has 0 unspecified atom stereocenters. The largest absolute Gasteiger partial charge is 0.493 e. The van der Waals surface area contributed by atoms with Gasteiger partial charge in [0.15, 0.2) is 11.5 Å². The zero-order valence-electron chi connectivity index (χ0n) is 10.7. The molecule has 0 aliphatic carbocycles. The van der Waals surface area contributed by atoms with Crippen molar-refractivity contribution in [2.24, 2.45) is 0 Å². The molecular weight excluding hydrogens is 353 g/mol. The lowest BCUT2D eigenvalue weighted by atomic mass is 10.2. The minimum absolute atomic E-state index is 0.0898. The first-order valence-corrected chi connectivity index (χ1v) is 6.44. The summed E-state index contributed by atoms with van der Waals surface area (Å²) in [6.45, 7) is 0. The van der Waals surface area contributed by atoms with Gasteiger partial charge >= 0.3 is 6.18 Å². The Kier molecular flexibility index (Phi) is 4.26. The van der Waals surface area contributed by atoms with Crippen LogP contribution in [0.5, 0.6) is 17.4 Å². The van der Waals surface area contributed by atoms with Gasteiger partial charge in [-0.15, -0.1) is 0 Å². The second kappa shape index (κ2) is 5.80. The standard InChI is InChI=1S/C13H10BrF3N2O2/c1-20-11-5-8(18)2-3-10(11)21-12-9(13(15,16)17)4-7(14)6-19-12/h2-6H,18H2,1H3. The lowest BCUT2D eigenvalue weighted by molar-refractivity contribution is -0.138. The fourth-order valence-electron chi connectivity index (χ4n) is 1.58. The van der Waals surface area contributed by atoms with E-state index in [2.05, 4.69) is 20.9 Å². The van der Waals surface area contributed by atoms with Gasteiger partial charge in [0.25, 0.3) is 0 Å². The molecule has 2 rings (SSSR count). The summed E-state index contributed by atoms with van der Waals surface area (Å²) >= 11 is 2.95. The molecule has 0 aliphatic rings. The van der Waals surface area contributed by atoms with Crippen LogP contribution in [-0.4, -0.2) is 12.1 Å². The van der Waals surface area contributed by atoms with Crippen LogP contribution in [0.4, 0.5) is 18.9 Å². The molecule has 0 aliphatic heterocycles. The van der Waals surface area contributed by atoms with Crippen molar-refractivity contribution in [3.05, 3.63) is 40.5 Å². The normalized spacial score (nSPS) is 11.3. The predicted molar refractivity (Wildman–Crippen MR) is 74.4 cm³/mol. The van der Waals surface area contributed by atoms with Crippen LogP contribution < -0.4 is 15.2 Å². The molecule has 0 radical (unpaired) electrons. The van der Waals surface area contributed by atoms with Gasteiger partial charge in [-0.25, -0.2) is 4.98 Å². The number of rotatable bonds is 3. The summed E-state index contributed by atoms with van der Waals surface area (Å²) in [5.74, 6) is -0.256. The van der Waals surface area contributed by atoms with E-state index < -0.39 is 17.6 Å². The van der Waals surface area contributed by atoms with Crippen LogP contribution in [0.3, 0.4) is 0 Å². The molecule has 1 aromatic carbocycles. The Balaban J connectivity index is 2.45. The van der Waals surface area contributed by atoms with Gasteiger partial charge < -0.3 is 15.2 Å². The molecule has 21 heavy (non-hydrogen) atoms. The van der Waals surface area contributed by atoms with E-state index in [4.69, 9.17) is 15.2 Å². The third kappa shape index (κ3) is 3.57. The summed E-state index contributed by atoms with van der Waals surface area (Å²) in [5, 5.41) is 0. The van der Waals surface area contributed by atoms with Crippen LogP contribution in [0.25, 0.3) is 0 Å². The van der Waals surface area contributed by atoms with Gasteiger partial charge in [-0.2, -0.15) is 13.2 Å². The molecule has 0 saturated heterocycles. The van der Waals surface area contributed by atoms with Gasteiger partial charge in [-0.1, -0.05) is 0 Å². The number of halogens is 4. The first-order chi connectivity index (χ1) is 9.81. The van der Waals surface area contributed by atoms with Crippen LogP contribution in [-0.2, 0) is 6.18 Å². The summed E-state index contributed by atoms with van der Waals surface area (Å²) in [4.78, 5) is 3.66. The Morgan fingerprint density at radius 2 is 1.90 bits per heavy atom. The van der Waals surface area contributed by atoms with Crippen molar-refractivity contribution >= 4 is 21.6 Å². The Morgan fingerprint density at radius 1 is 1.19 bits per heavy atom. The number of alkyl halides is 3. The van der Waals surface area contributed by atoms with Crippen molar-refractivity contribution in [1.82, 2.24) is 4.98 Å². The van der Waals surface area contributed by atoms with Crippen molar-refractivity contribution < 1.29 is 22.6 Å². The fourth-order valence-corrected chi connectivity index (χ4v) is 1.92. The van der Waals surface area contributed by atoms with Gasteiger partial charge in [-0.3, -0.25) is 0 Å². The lowest BCUT2D eigenvalue weighted by Crippen LogP contribution is -2.08. The number of methoxy groups -OCH3 is 1. The summed E-state index contributed by atoms with van der Waals surface area (Å²) in [5.41, 5.74) is 4.99. The quantitative estimate of drug-likeness (QED) is 0.829. The third-order valence-electron chi connectivity index (χ3n) is 2.52. The summed E-state index contributed by atoms with van der Waals surface area (Å²) in [6.07, 6.45) is -3.37. The van der Waals surface area contributed by atoms with Crippen molar-refractivity contribution in [1.29, 1.82) is 0 Å². The highest BCUT2D eigenvalue weighted by Crippen LogP contribution is 2.40. The molecule has 0 spiro atoms. The minimum atomic E-state index is -4.59. The van der Waals surface area contributed by atoms with Gasteiger partial charge in [-0.05, 0) is 34.1 Å². The van der Waals surface area contributed by atoms with E-state index >= 15 is 0 Å². The number of benzene rings is 1. The highest BCUT2D eigenvalue weighted by Gasteiger charge is 2.36. The van der Waals surface area contributed by atoms with Gasteiger partial charge in [0, 0.05) is 22.4 Å². The molecule has 0 fully saturated rings. The van der Waals surface area contributed by atoms with Crippen molar-refractivity contribution in [2.75, 3.05) is 12.8 Å². The van der Waals surface area contributed by atoms with E-state index in [-0.39, 0.29) is 16.0 Å². The Bertz CT molecular complexity index is 662. The SMILES string of the molecule is COc1cc(N)ccc1Oc1ncc(Br)cc1C(F)(F)F. The van der Waals surface area contributed by atoms with Gasteiger partial charge in [0.1, 0.15) is 5.56 Å². The van der Waals surface area contributed by atoms with Crippen LogP contribution in [0.2, 0.25) is 0 Å². The predicted octanol–water partition coefficient (Wildman–Crippen LogP) is 4.25. The molecular formula is C13H10BrF3N2O2. The van der Waals surface area contributed by atoms with Gasteiger partial charge in [0.05, 0.1) is 7.11 Å². The number of nitrogen functional groups attached to an aromatic ring is 1. The Labute approximate surface area is 126 Å². The minimum Gasteiger partial charge on any atom is -0.493 e. The average molecular weight is 363 g/mol. The monoisotopic (exact) mass is 362 g/mol. The van der Waals surface area contributed by atoms with E-state index in [1.54, 1.807) is 0 Å². The summed E-state index contributed by atoms with van der Waals surface area (Å²) in [7, 11) is 1.36. The average Bonchev–Trinajstić information content (AvgIpc) is 2.41. The van der Waals surface area contributed by atoms with E-state index in [1.165, 1.54) is 31.5 Å². The maximum atomic E-state index is 13.0. The highest BCUT2D eigenvalue weighted by molar-refractivity contribution is 9.10. The zero-order valence-corrected chi connectivity index (χ0v) is 12.3. The van der Waals surface area contributed by atoms with E-state index in [0.717, 1.165) is 6.07 Å².